The molecule has 0 heterocycles. The highest BCUT2D eigenvalue weighted by molar-refractivity contribution is 9.10. The fourth-order valence-electron chi connectivity index (χ4n) is 2.71. The van der Waals surface area contributed by atoms with E-state index < -0.39 is 10.0 Å². The molecule has 0 radical (unpaired) electrons. The molecule has 0 amide bonds. The zero-order valence-corrected chi connectivity index (χ0v) is 18.2. The molecule has 152 valence electrons. The summed E-state index contributed by atoms with van der Waals surface area (Å²) < 4.78 is 34.9. The van der Waals surface area contributed by atoms with Crippen LogP contribution < -0.4 is 19.9 Å². The molecule has 0 aliphatic heterocycles. The van der Waals surface area contributed by atoms with Crippen molar-refractivity contribution < 1.29 is 17.9 Å². The second kappa shape index (κ2) is 9.30. The molecule has 0 spiro atoms. The molecule has 0 saturated heterocycles. The van der Waals surface area contributed by atoms with Gasteiger partial charge < -0.3 is 14.8 Å². The van der Waals surface area contributed by atoms with Crippen molar-refractivity contribution in [1.82, 2.24) is 0 Å². The van der Waals surface area contributed by atoms with Gasteiger partial charge in [-0.1, -0.05) is 30.3 Å². The summed E-state index contributed by atoms with van der Waals surface area (Å²) in [6.07, 6.45) is 0. The lowest BCUT2D eigenvalue weighted by molar-refractivity contribution is 0.282. The maximum Gasteiger partial charge on any atom is 0.238 e. The van der Waals surface area contributed by atoms with Gasteiger partial charge in [-0.3, -0.25) is 0 Å². The van der Waals surface area contributed by atoms with Crippen LogP contribution in [0.4, 0.5) is 5.69 Å². The third kappa shape index (κ3) is 5.72. The fourth-order valence-corrected chi connectivity index (χ4v) is 3.83. The van der Waals surface area contributed by atoms with Crippen molar-refractivity contribution in [3.05, 3.63) is 82.3 Å². The standard InChI is InChI=1S/C21H21BrN2O4S/c1-27-20-12-16(13-24-17-7-9-18(10-8-17)29(23,25)26)11-19(22)21(20)28-14-15-5-3-2-4-6-15/h2-12,24H,13-14H2,1H3,(H2,23,25,26). The minimum Gasteiger partial charge on any atom is -0.493 e. The largest absolute Gasteiger partial charge is 0.493 e. The SMILES string of the molecule is COc1cc(CNc2ccc(S(N)(=O)=O)cc2)cc(Br)c1OCc1ccccc1. The Labute approximate surface area is 178 Å². The molecule has 0 aromatic heterocycles. The maximum absolute atomic E-state index is 11.3. The van der Waals surface area contributed by atoms with E-state index in [1.165, 1.54) is 12.1 Å². The molecule has 3 N–H and O–H groups in total. The van der Waals surface area contributed by atoms with Crippen LogP contribution >= 0.6 is 15.9 Å². The maximum atomic E-state index is 11.3. The van der Waals surface area contributed by atoms with Gasteiger partial charge in [0, 0.05) is 12.2 Å². The Kier molecular flexibility index (Phi) is 6.79. The average Bonchev–Trinajstić information content (AvgIpc) is 2.71. The molecule has 3 aromatic carbocycles. The number of hydrogen-bond donors (Lipinski definition) is 2. The van der Waals surface area contributed by atoms with Crippen LogP contribution in [0.1, 0.15) is 11.1 Å². The van der Waals surface area contributed by atoms with E-state index in [9.17, 15) is 8.42 Å². The fraction of sp³-hybridized carbons (Fsp3) is 0.143. The van der Waals surface area contributed by atoms with Gasteiger partial charge in [-0.05, 0) is 63.5 Å². The van der Waals surface area contributed by atoms with Crippen LogP contribution in [0, 0.1) is 0 Å². The second-order valence-electron chi connectivity index (χ2n) is 6.31. The molecule has 3 aromatic rings. The molecule has 8 heteroatoms. The first-order chi connectivity index (χ1) is 13.9. The van der Waals surface area contributed by atoms with Crippen LogP contribution in [-0.2, 0) is 23.2 Å². The number of primary sulfonamides is 1. The Balaban J connectivity index is 1.69. The predicted octanol–water partition coefficient (Wildman–Crippen LogP) is 4.30. The Morgan fingerprint density at radius 2 is 1.69 bits per heavy atom. The summed E-state index contributed by atoms with van der Waals surface area (Å²) in [5.41, 5.74) is 2.81. The van der Waals surface area contributed by atoms with Gasteiger partial charge in [0.2, 0.25) is 10.0 Å². The molecular weight excluding hydrogens is 456 g/mol. The number of nitrogens with two attached hydrogens (primary N) is 1. The molecule has 0 unspecified atom stereocenters. The molecule has 0 aliphatic carbocycles. The van der Waals surface area contributed by atoms with Crippen LogP contribution in [-0.4, -0.2) is 15.5 Å². The molecule has 0 atom stereocenters. The lowest BCUT2D eigenvalue weighted by Crippen LogP contribution is -2.12. The van der Waals surface area contributed by atoms with Gasteiger partial charge in [0.05, 0.1) is 16.5 Å². The molecule has 0 fully saturated rings. The number of halogens is 1. The normalized spacial score (nSPS) is 11.1. The summed E-state index contributed by atoms with van der Waals surface area (Å²) in [4.78, 5) is 0.0763. The summed E-state index contributed by atoms with van der Waals surface area (Å²) in [6.45, 7) is 0.951. The summed E-state index contributed by atoms with van der Waals surface area (Å²) >= 11 is 3.56. The first kappa shape index (κ1) is 21.2. The van der Waals surface area contributed by atoms with Crippen molar-refractivity contribution in [3.63, 3.8) is 0 Å². The zero-order valence-electron chi connectivity index (χ0n) is 15.8. The van der Waals surface area contributed by atoms with Gasteiger partial charge in [0.15, 0.2) is 11.5 Å². The lowest BCUT2D eigenvalue weighted by atomic mass is 10.2. The van der Waals surface area contributed by atoms with Crippen LogP contribution in [0.15, 0.2) is 76.1 Å². The third-order valence-corrected chi connectivity index (χ3v) is 5.71. The smallest absolute Gasteiger partial charge is 0.238 e. The second-order valence-corrected chi connectivity index (χ2v) is 8.72. The van der Waals surface area contributed by atoms with E-state index in [-0.39, 0.29) is 4.90 Å². The molecule has 29 heavy (non-hydrogen) atoms. The highest BCUT2D eigenvalue weighted by atomic mass is 79.9. The molecule has 6 nitrogen and oxygen atoms in total. The predicted molar refractivity (Wildman–Crippen MR) is 117 cm³/mol. The summed E-state index contributed by atoms with van der Waals surface area (Å²) in [5, 5.41) is 8.36. The van der Waals surface area contributed by atoms with E-state index in [4.69, 9.17) is 14.6 Å². The van der Waals surface area contributed by atoms with E-state index in [0.29, 0.717) is 24.7 Å². The van der Waals surface area contributed by atoms with Crippen molar-refractivity contribution in [1.29, 1.82) is 0 Å². The number of ether oxygens (including phenoxy) is 2. The number of sulfonamides is 1. The third-order valence-electron chi connectivity index (χ3n) is 4.19. The van der Waals surface area contributed by atoms with Gasteiger partial charge in [0.25, 0.3) is 0 Å². The topological polar surface area (TPSA) is 90.6 Å². The van der Waals surface area contributed by atoms with Gasteiger partial charge in [-0.15, -0.1) is 0 Å². The van der Waals surface area contributed by atoms with Gasteiger partial charge in [0.1, 0.15) is 6.61 Å². The number of hydrogen-bond acceptors (Lipinski definition) is 5. The molecular formula is C21H21BrN2O4S. The van der Waals surface area contributed by atoms with Gasteiger partial charge in [-0.2, -0.15) is 0 Å². The quantitative estimate of drug-likeness (QED) is 0.505. The minimum absolute atomic E-state index is 0.0763. The molecule has 0 saturated carbocycles. The summed E-state index contributed by atoms with van der Waals surface area (Å²) in [5.74, 6) is 1.26. The van der Waals surface area contributed by atoms with Crippen LogP contribution in [0.3, 0.4) is 0 Å². The number of anilines is 1. The monoisotopic (exact) mass is 476 g/mol. The van der Waals surface area contributed by atoms with E-state index in [1.807, 2.05) is 42.5 Å². The van der Waals surface area contributed by atoms with Crippen molar-refractivity contribution in [2.45, 2.75) is 18.0 Å². The van der Waals surface area contributed by atoms with Crippen LogP contribution in [0.2, 0.25) is 0 Å². The van der Waals surface area contributed by atoms with Crippen molar-refractivity contribution in [2.24, 2.45) is 5.14 Å². The van der Waals surface area contributed by atoms with Crippen LogP contribution in [0.25, 0.3) is 0 Å². The number of rotatable bonds is 8. The number of nitrogens with one attached hydrogen (secondary N) is 1. The van der Waals surface area contributed by atoms with E-state index >= 15 is 0 Å². The van der Waals surface area contributed by atoms with Crippen LogP contribution in [0.5, 0.6) is 11.5 Å². The summed E-state index contributed by atoms with van der Waals surface area (Å²) in [6, 6.07) is 20.0. The Bertz CT molecular complexity index is 1070. The van der Waals surface area contributed by atoms with Crippen molar-refractivity contribution >= 4 is 31.6 Å². The first-order valence-corrected chi connectivity index (χ1v) is 11.1. The Morgan fingerprint density at radius 3 is 2.31 bits per heavy atom. The molecule has 0 bridgehead atoms. The Morgan fingerprint density at radius 1 is 1.00 bits per heavy atom. The van der Waals surface area contributed by atoms with Gasteiger partial charge >= 0.3 is 0 Å². The van der Waals surface area contributed by atoms with Gasteiger partial charge in [-0.25, -0.2) is 13.6 Å². The molecule has 3 rings (SSSR count). The van der Waals surface area contributed by atoms with Crippen molar-refractivity contribution in [2.75, 3.05) is 12.4 Å². The lowest BCUT2D eigenvalue weighted by Gasteiger charge is -2.15. The van der Waals surface area contributed by atoms with Crippen molar-refractivity contribution in [3.8, 4) is 11.5 Å². The zero-order chi connectivity index (χ0) is 20.9. The number of methoxy groups -OCH3 is 1. The molecule has 0 aliphatic rings. The Hall–Kier alpha value is -2.55. The van der Waals surface area contributed by atoms with E-state index in [1.54, 1.807) is 19.2 Å². The highest BCUT2D eigenvalue weighted by Crippen LogP contribution is 2.37. The average molecular weight is 477 g/mol. The minimum atomic E-state index is -3.70. The van der Waals surface area contributed by atoms with E-state index in [2.05, 4.69) is 21.2 Å². The first-order valence-electron chi connectivity index (χ1n) is 8.76. The van der Waals surface area contributed by atoms with E-state index in [0.717, 1.165) is 21.3 Å². The highest BCUT2D eigenvalue weighted by Gasteiger charge is 2.12. The number of benzene rings is 3. The summed E-state index contributed by atoms with van der Waals surface area (Å²) in [7, 11) is -2.10.